The number of piperidine rings is 1. The Labute approximate surface area is 375 Å². The van der Waals surface area contributed by atoms with Gasteiger partial charge in [0.1, 0.15) is 17.4 Å². The largest absolute Gasteiger partial charge is 0.309 e. The molecule has 0 spiro atoms. The third-order valence-electron chi connectivity index (χ3n) is 13.7. The van der Waals surface area contributed by atoms with Gasteiger partial charge in [-0.2, -0.15) is 5.10 Å². The molecular weight excluding hydrogens is 799 g/mol. The number of nitrogens with zero attached hydrogens (tertiary/aromatic N) is 5. The molecule has 1 aliphatic heterocycles. The van der Waals surface area contributed by atoms with Gasteiger partial charge in [-0.05, 0) is 184 Å². The molecule has 11 heteroatoms. The standard InChI is InChI=1S/C51H70ClFN6O3/c1-32(2)50(55-31-47(52)35(5)46-30-56-58(9)51(46)26-38-12-13-38)29-49(54)40-14-16-42(17-15-40)57(8)21-10-22-59-23-19-39(20-24-59)45-27-41(44(37(7)62)28-48(45)53)25-33(3)43(36(6)61)18-11-34(4)60/h27-28,30-31,38-40,42-43,54H,1,3,5,10-26,29H2,2,4,6-9H3/b47-31+,54-49?,55-50-/t40-,42-,43?. The van der Waals surface area contributed by atoms with Crippen molar-refractivity contribution >= 4 is 45.9 Å². The van der Waals surface area contributed by atoms with Gasteiger partial charge in [-0.3, -0.25) is 19.3 Å². The van der Waals surface area contributed by atoms with Crippen LogP contribution in [0.25, 0.3) is 5.57 Å². The van der Waals surface area contributed by atoms with Gasteiger partial charge < -0.3 is 20.0 Å². The van der Waals surface area contributed by atoms with Gasteiger partial charge in [-0.15, -0.1) is 0 Å². The van der Waals surface area contributed by atoms with Crippen molar-refractivity contribution in [3.05, 3.63) is 94.2 Å². The van der Waals surface area contributed by atoms with E-state index in [4.69, 9.17) is 22.0 Å². The SMILES string of the molecule is C=C(C)/C(CC(=N)[C@H]1CC[C@H](N(C)CCCN2CCC(c3cc(CC(=C)C(CCC(C)=O)C(C)=O)c(C(C)=O)cc3F)CC2)CC1)=N\C=C(\Cl)C(=C)c1cnn(C)c1CC1CC1. The molecule has 2 saturated carbocycles. The fraction of sp³-hybridized carbons (Fsp3) is 0.569. The van der Waals surface area contributed by atoms with Crippen LogP contribution in [0.3, 0.4) is 0 Å². The van der Waals surface area contributed by atoms with Gasteiger partial charge in [-0.1, -0.05) is 43.0 Å². The number of rotatable bonds is 23. The van der Waals surface area contributed by atoms with E-state index in [1.54, 1.807) is 6.20 Å². The molecule has 2 aliphatic carbocycles. The van der Waals surface area contributed by atoms with E-state index in [1.165, 1.54) is 39.7 Å². The molecule has 9 nitrogen and oxygen atoms in total. The molecule has 1 aromatic carbocycles. The van der Waals surface area contributed by atoms with Gasteiger partial charge in [0, 0.05) is 66.3 Å². The minimum absolute atomic E-state index is 0.0155. The second kappa shape index (κ2) is 22.5. The van der Waals surface area contributed by atoms with Crippen LogP contribution in [0.1, 0.15) is 143 Å². The van der Waals surface area contributed by atoms with Crippen LogP contribution < -0.4 is 0 Å². The lowest BCUT2D eigenvalue weighted by molar-refractivity contribution is -0.120. The molecule has 1 unspecified atom stereocenters. The van der Waals surface area contributed by atoms with E-state index in [2.05, 4.69) is 41.7 Å². The summed E-state index contributed by atoms with van der Waals surface area (Å²) >= 11 is 6.74. The van der Waals surface area contributed by atoms with E-state index in [-0.39, 0.29) is 41.4 Å². The Bertz CT molecular complexity index is 2080. The molecule has 1 N–H and O–H groups in total. The van der Waals surface area contributed by atoms with E-state index in [1.807, 2.05) is 30.9 Å². The summed E-state index contributed by atoms with van der Waals surface area (Å²) in [5, 5.41) is 14.0. The third-order valence-corrected chi connectivity index (χ3v) is 14.0. The number of allylic oxidation sites excluding steroid dienone is 4. The quantitative estimate of drug-likeness (QED) is 0.0515. The number of aryl methyl sites for hydroxylation is 1. The van der Waals surface area contributed by atoms with Crippen LogP contribution in [0.15, 0.2) is 65.4 Å². The van der Waals surface area contributed by atoms with Gasteiger partial charge >= 0.3 is 0 Å². The first-order valence-electron chi connectivity index (χ1n) is 22.7. The van der Waals surface area contributed by atoms with Crippen molar-refractivity contribution < 1.29 is 18.8 Å². The van der Waals surface area contributed by atoms with Crippen LogP contribution in [-0.4, -0.2) is 87.6 Å². The minimum Gasteiger partial charge on any atom is -0.309 e. The maximum absolute atomic E-state index is 15.6. The summed E-state index contributed by atoms with van der Waals surface area (Å²) in [6.45, 7) is 22.7. The molecule has 2 aromatic rings. The summed E-state index contributed by atoms with van der Waals surface area (Å²) < 4.78 is 17.5. The summed E-state index contributed by atoms with van der Waals surface area (Å²) in [6, 6.07) is 3.70. The van der Waals surface area contributed by atoms with Crippen molar-refractivity contribution in [2.45, 2.75) is 130 Å². The molecule has 3 aliphatic rings. The van der Waals surface area contributed by atoms with E-state index in [9.17, 15) is 14.4 Å². The fourth-order valence-corrected chi connectivity index (χ4v) is 9.57. The lowest BCUT2D eigenvalue weighted by atomic mass is 9.81. The average Bonchev–Trinajstić information content (AvgIpc) is 3.99. The number of benzene rings is 1. The van der Waals surface area contributed by atoms with E-state index in [0.29, 0.717) is 69.8 Å². The lowest BCUT2D eigenvalue weighted by Gasteiger charge is -2.36. The van der Waals surface area contributed by atoms with Gasteiger partial charge in [0.05, 0.1) is 11.2 Å². The highest BCUT2D eigenvalue weighted by Crippen LogP contribution is 2.37. The van der Waals surface area contributed by atoms with E-state index < -0.39 is 5.92 Å². The number of nitrogens with one attached hydrogen (secondary N) is 1. The molecular formula is C51H70ClFN6O3. The van der Waals surface area contributed by atoms with Gasteiger partial charge in [0.15, 0.2) is 5.78 Å². The number of aliphatic imine (C=N–C) groups is 1. The predicted molar refractivity (Wildman–Crippen MR) is 252 cm³/mol. The van der Waals surface area contributed by atoms with Crippen LogP contribution in [0.2, 0.25) is 0 Å². The zero-order valence-corrected chi connectivity index (χ0v) is 39.0. The smallest absolute Gasteiger partial charge is 0.160 e. The summed E-state index contributed by atoms with van der Waals surface area (Å²) in [4.78, 5) is 46.3. The van der Waals surface area contributed by atoms with Gasteiger partial charge in [-0.25, -0.2) is 4.39 Å². The number of hydrogen-bond acceptors (Lipinski definition) is 8. The lowest BCUT2D eigenvalue weighted by Crippen LogP contribution is -2.39. The number of Topliss-reactive ketones (excluding diaryl/α,β-unsaturated/α-hetero) is 3. The topological polar surface area (TPSA) is 112 Å². The highest BCUT2D eigenvalue weighted by Gasteiger charge is 2.30. The molecule has 336 valence electrons. The van der Waals surface area contributed by atoms with Crippen LogP contribution in [-0.2, 0) is 29.5 Å². The van der Waals surface area contributed by atoms with Crippen molar-refractivity contribution in [1.82, 2.24) is 19.6 Å². The Morgan fingerprint density at radius 1 is 1.02 bits per heavy atom. The number of halogens is 2. The molecule has 1 saturated heterocycles. The number of aromatic nitrogens is 2. The summed E-state index contributed by atoms with van der Waals surface area (Å²) in [5.41, 5.74) is 7.47. The average molecular weight is 870 g/mol. The first-order valence-corrected chi connectivity index (χ1v) is 23.1. The highest BCUT2D eigenvalue weighted by molar-refractivity contribution is 6.37. The van der Waals surface area contributed by atoms with Crippen LogP contribution >= 0.6 is 11.6 Å². The Kier molecular flexibility index (Phi) is 17.7. The molecule has 0 amide bonds. The molecule has 3 fully saturated rings. The van der Waals surface area contributed by atoms with Crippen LogP contribution in [0.5, 0.6) is 0 Å². The number of ketones is 3. The molecule has 5 rings (SSSR count). The first-order chi connectivity index (χ1) is 29.4. The molecule has 1 aromatic heterocycles. The van der Waals surface area contributed by atoms with Crippen molar-refractivity contribution in [3.63, 3.8) is 0 Å². The van der Waals surface area contributed by atoms with Gasteiger partial charge in [0.25, 0.3) is 0 Å². The zero-order valence-electron chi connectivity index (χ0n) is 38.3. The Morgan fingerprint density at radius 2 is 1.69 bits per heavy atom. The Morgan fingerprint density at radius 3 is 2.29 bits per heavy atom. The summed E-state index contributed by atoms with van der Waals surface area (Å²) in [6.07, 6.45) is 15.2. The van der Waals surface area contributed by atoms with Crippen LogP contribution in [0.4, 0.5) is 4.39 Å². The molecule has 0 bridgehead atoms. The predicted octanol–water partition coefficient (Wildman–Crippen LogP) is 10.7. The summed E-state index contributed by atoms with van der Waals surface area (Å²) in [7, 11) is 4.19. The molecule has 0 radical (unpaired) electrons. The van der Waals surface area contributed by atoms with Crippen molar-refractivity contribution in [3.8, 4) is 0 Å². The number of likely N-dealkylation sites (tertiary alicyclic amines) is 1. The van der Waals surface area contributed by atoms with Crippen molar-refractivity contribution in [2.75, 3.05) is 33.2 Å². The Hall–Kier alpha value is -4.12. The Balaban J connectivity index is 1.06. The molecule has 1 atom stereocenters. The number of carbonyl (C=O) groups excluding carboxylic acids is 3. The monoisotopic (exact) mass is 869 g/mol. The first kappa shape index (κ1) is 48.9. The van der Waals surface area contributed by atoms with Gasteiger partial charge in [0.2, 0.25) is 0 Å². The highest BCUT2D eigenvalue weighted by atomic mass is 35.5. The summed E-state index contributed by atoms with van der Waals surface area (Å²) in [5.74, 6) is -0.0933. The van der Waals surface area contributed by atoms with E-state index in [0.717, 1.165) is 100 Å². The second-order valence-electron chi connectivity index (χ2n) is 18.6. The van der Waals surface area contributed by atoms with Crippen LogP contribution in [0, 0.1) is 29.0 Å². The fourth-order valence-electron chi connectivity index (χ4n) is 9.42. The van der Waals surface area contributed by atoms with Crippen molar-refractivity contribution in [1.29, 1.82) is 5.41 Å². The van der Waals surface area contributed by atoms with Crippen molar-refractivity contribution in [2.24, 2.45) is 29.8 Å². The number of carbonyl (C=O) groups is 3. The molecule has 62 heavy (non-hydrogen) atoms. The normalized spacial score (nSPS) is 19.7. The maximum atomic E-state index is 15.6. The van der Waals surface area contributed by atoms with E-state index >= 15 is 4.39 Å². The molecule has 2 heterocycles. The zero-order chi connectivity index (χ0) is 45.2. The number of hydrogen-bond donors (Lipinski definition) is 1. The minimum atomic E-state index is -0.477. The second-order valence-corrected chi connectivity index (χ2v) is 19.0. The maximum Gasteiger partial charge on any atom is 0.160 e. The third kappa shape index (κ3) is 13.4.